The molecule has 0 heterocycles. The van der Waals surface area contributed by atoms with Crippen molar-refractivity contribution in [3.63, 3.8) is 0 Å². The third-order valence-electron chi connectivity index (χ3n) is 4.25. The van der Waals surface area contributed by atoms with E-state index in [1.54, 1.807) is 0 Å². The van der Waals surface area contributed by atoms with E-state index in [2.05, 4.69) is 37.4 Å². The zero-order valence-corrected chi connectivity index (χ0v) is 13.1. The van der Waals surface area contributed by atoms with Crippen molar-refractivity contribution in [2.24, 2.45) is 0 Å². The Morgan fingerprint density at radius 2 is 2.05 bits per heavy atom. The van der Waals surface area contributed by atoms with Gasteiger partial charge < -0.3 is 14.8 Å². The van der Waals surface area contributed by atoms with Crippen LogP contribution in [0.15, 0.2) is 24.3 Å². The summed E-state index contributed by atoms with van der Waals surface area (Å²) in [4.78, 5) is 0. The molecule has 1 unspecified atom stereocenters. The summed E-state index contributed by atoms with van der Waals surface area (Å²) in [6.07, 6.45) is 4.84. The number of rotatable bonds is 7. The lowest BCUT2D eigenvalue weighted by molar-refractivity contribution is -0.0834. The molecule has 0 amide bonds. The van der Waals surface area contributed by atoms with Crippen LogP contribution in [0.2, 0.25) is 0 Å². The van der Waals surface area contributed by atoms with Gasteiger partial charge in [-0.1, -0.05) is 12.1 Å². The Kier molecular flexibility index (Phi) is 5.06. The highest BCUT2D eigenvalue weighted by Gasteiger charge is 2.39. The maximum absolute atomic E-state index is 5.79. The molecule has 1 atom stereocenters. The van der Waals surface area contributed by atoms with E-state index in [0.29, 0.717) is 6.04 Å². The van der Waals surface area contributed by atoms with E-state index >= 15 is 0 Å². The van der Waals surface area contributed by atoms with Crippen molar-refractivity contribution in [1.29, 1.82) is 0 Å². The molecule has 1 aliphatic rings. The van der Waals surface area contributed by atoms with Crippen molar-refractivity contribution >= 4 is 0 Å². The quantitative estimate of drug-likeness (QED) is 0.824. The van der Waals surface area contributed by atoms with Gasteiger partial charge >= 0.3 is 0 Å². The number of ether oxygens (including phenoxy) is 2. The molecule has 0 spiro atoms. The number of hydrogen-bond donors (Lipinski definition) is 1. The van der Waals surface area contributed by atoms with Gasteiger partial charge in [0.05, 0.1) is 11.7 Å². The molecule has 1 aliphatic carbocycles. The van der Waals surface area contributed by atoms with Crippen molar-refractivity contribution in [2.45, 2.75) is 57.3 Å². The molecule has 0 aromatic heterocycles. The molecular formula is C17H27NO2. The molecule has 20 heavy (non-hydrogen) atoms. The summed E-state index contributed by atoms with van der Waals surface area (Å²) in [6, 6.07) is 8.70. The minimum Gasteiger partial charge on any atom is -0.491 e. The Morgan fingerprint density at radius 3 is 2.55 bits per heavy atom. The molecule has 112 valence electrons. The van der Waals surface area contributed by atoms with Crippen LogP contribution in [0.4, 0.5) is 0 Å². The first-order valence-corrected chi connectivity index (χ1v) is 7.57. The van der Waals surface area contributed by atoms with E-state index in [-0.39, 0.29) is 11.7 Å². The molecule has 2 rings (SSSR count). The fraction of sp³-hybridized carbons (Fsp3) is 0.647. The van der Waals surface area contributed by atoms with Crippen LogP contribution in [-0.4, -0.2) is 25.9 Å². The molecule has 1 aromatic carbocycles. The largest absolute Gasteiger partial charge is 0.491 e. The van der Waals surface area contributed by atoms with Gasteiger partial charge in [-0.2, -0.15) is 0 Å². The highest BCUT2D eigenvalue weighted by molar-refractivity contribution is 5.31. The maximum Gasteiger partial charge on any atom is 0.120 e. The van der Waals surface area contributed by atoms with Gasteiger partial charge in [-0.15, -0.1) is 0 Å². The second-order valence-corrected chi connectivity index (χ2v) is 6.03. The smallest absolute Gasteiger partial charge is 0.120 e. The molecule has 0 saturated heterocycles. The number of methoxy groups -OCH3 is 1. The Hall–Kier alpha value is -1.06. The van der Waals surface area contributed by atoms with Crippen LogP contribution in [-0.2, 0) is 4.74 Å². The van der Waals surface area contributed by atoms with E-state index in [0.717, 1.165) is 12.2 Å². The second kappa shape index (κ2) is 6.59. The van der Waals surface area contributed by atoms with Crippen LogP contribution in [0.25, 0.3) is 0 Å². The summed E-state index contributed by atoms with van der Waals surface area (Å²) in [5, 5.41) is 3.42. The highest BCUT2D eigenvalue weighted by Crippen LogP contribution is 2.42. The van der Waals surface area contributed by atoms with Crippen molar-refractivity contribution < 1.29 is 9.47 Å². The first-order chi connectivity index (χ1) is 9.58. The van der Waals surface area contributed by atoms with Crippen molar-refractivity contribution in [2.75, 3.05) is 14.2 Å². The van der Waals surface area contributed by atoms with Gasteiger partial charge in [-0.05, 0) is 64.3 Å². The van der Waals surface area contributed by atoms with E-state index in [4.69, 9.17) is 9.47 Å². The zero-order chi connectivity index (χ0) is 14.6. The molecule has 0 radical (unpaired) electrons. The average Bonchev–Trinajstić information content (AvgIpc) is 2.38. The molecule has 3 nitrogen and oxygen atoms in total. The Bertz CT molecular complexity index is 421. The summed E-state index contributed by atoms with van der Waals surface area (Å²) < 4.78 is 11.5. The summed E-state index contributed by atoms with van der Waals surface area (Å²) >= 11 is 0. The minimum atomic E-state index is 0.0720. The van der Waals surface area contributed by atoms with Gasteiger partial charge in [0, 0.05) is 13.2 Å². The van der Waals surface area contributed by atoms with Crippen LogP contribution < -0.4 is 10.1 Å². The van der Waals surface area contributed by atoms with Crippen LogP contribution in [0.1, 0.15) is 51.1 Å². The summed E-state index contributed by atoms with van der Waals surface area (Å²) in [5.41, 5.74) is 1.34. The zero-order valence-electron chi connectivity index (χ0n) is 13.1. The SMILES string of the molecule is CNC(CC1(OC)CCC1)c1cccc(OC(C)C)c1. The molecule has 3 heteroatoms. The van der Waals surface area contributed by atoms with Gasteiger partial charge in [0.25, 0.3) is 0 Å². The van der Waals surface area contributed by atoms with Gasteiger partial charge in [0.15, 0.2) is 0 Å². The fourth-order valence-electron chi connectivity index (χ4n) is 2.90. The maximum atomic E-state index is 5.79. The van der Waals surface area contributed by atoms with Crippen LogP contribution in [0.3, 0.4) is 0 Å². The summed E-state index contributed by atoms with van der Waals surface area (Å²) in [6.45, 7) is 4.10. The Labute approximate surface area is 122 Å². The molecular weight excluding hydrogens is 250 g/mol. The fourth-order valence-corrected chi connectivity index (χ4v) is 2.90. The van der Waals surface area contributed by atoms with E-state index in [9.17, 15) is 0 Å². The van der Waals surface area contributed by atoms with Gasteiger partial charge in [0.1, 0.15) is 5.75 Å². The number of nitrogens with one attached hydrogen (secondary N) is 1. The third kappa shape index (κ3) is 3.53. The van der Waals surface area contributed by atoms with Gasteiger partial charge in [-0.25, -0.2) is 0 Å². The van der Waals surface area contributed by atoms with Crippen LogP contribution in [0.5, 0.6) is 5.75 Å². The van der Waals surface area contributed by atoms with E-state index < -0.39 is 0 Å². The number of benzene rings is 1. The lowest BCUT2D eigenvalue weighted by atomic mass is 9.74. The first kappa shape index (κ1) is 15.3. The summed E-state index contributed by atoms with van der Waals surface area (Å²) in [7, 11) is 3.85. The second-order valence-electron chi connectivity index (χ2n) is 6.03. The summed E-state index contributed by atoms with van der Waals surface area (Å²) in [5.74, 6) is 0.942. The monoisotopic (exact) mass is 277 g/mol. The molecule has 1 N–H and O–H groups in total. The highest BCUT2D eigenvalue weighted by atomic mass is 16.5. The lowest BCUT2D eigenvalue weighted by Crippen LogP contribution is -2.42. The molecule has 1 saturated carbocycles. The molecule has 1 aromatic rings. The first-order valence-electron chi connectivity index (χ1n) is 7.57. The molecule has 1 fully saturated rings. The van der Waals surface area contributed by atoms with E-state index in [1.807, 2.05) is 20.2 Å². The molecule has 0 bridgehead atoms. The van der Waals surface area contributed by atoms with Crippen molar-refractivity contribution in [3.8, 4) is 5.75 Å². The van der Waals surface area contributed by atoms with Crippen molar-refractivity contribution in [1.82, 2.24) is 5.32 Å². The topological polar surface area (TPSA) is 30.5 Å². The average molecular weight is 277 g/mol. The Balaban J connectivity index is 2.10. The van der Waals surface area contributed by atoms with Gasteiger partial charge in [-0.3, -0.25) is 0 Å². The van der Waals surface area contributed by atoms with Gasteiger partial charge in [0.2, 0.25) is 0 Å². The predicted octanol–water partition coefficient (Wildman–Crippen LogP) is 3.69. The predicted molar refractivity (Wildman–Crippen MR) is 82.2 cm³/mol. The van der Waals surface area contributed by atoms with Crippen LogP contribution in [0, 0.1) is 0 Å². The number of hydrogen-bond acceptors (Lipinski definition) is 3. The minimum absolute atomic E-state index is 0.0720. The standard InChI is InChI=1S/C17H27NO2/c1-13(2)20-15-8-5-7-14(11-15)16(18-3)12-17(19-4)9-6-10-17/h5,7-8,11,13,16,18H,6,9-10,12H2,1-4H3. The van der Waals surface area contributed by atoms with Crippen molar-refractivity contribution in [3.05, 3.63) is 29.8 Å². The third-order valence-corrected chi connectivity index (χ3v) is 4.25. The lowest BCUT2D eigenvalue weighted by Gasteiger charge is -2.43. The molecule has 0 aliphatic heterocycles. The van der Waals surface area contributed by atoms with Crippen LogP contribution >= 0.6 is 0 Å². The normalized spacial score (nSPS) is 18.6. The Morgan fingerprint density at radius 1 is 1.30 bits per heavy atom. The van der Waals surface area contributed by atoms with E-state index in [1.165, 1.54) is 24.8 Å².